The van der Waals surface area contributed by atoms with E-state index in [1.54, 1.807) is 54.6 Å². The summed E-state index contributed by atoms with van der Waals surface area (Å²) < 4.78 is 21.3. The molecule has 1 aliphatic rings. The first-order valence-corrected chi connectivity index (χ1v) is 11.7. The van der Waals surface area contributed by atoms with Gasteiger partial charge in [0.2, 0.25) is 0 Å². The van der Waals surface area contributed by atoms with Crippen molar-refractivity contribution in [1.29, 1.82) is 0 Å². The molecule has 1 atom stereocenters. The molecule has 1 N–H and O–H groups in total. The van der Waals surface area contributed by atoms with Gasteiger partial charge in [0.15, 0.2) is 11.5 Å². The number of carbonyl (C=O) groups excluding carboxylic acids is 2. The lowest BCUT2D eigenvalue weighted by atomic mass is 9.95. The van der Waals surface area contributed by atoms with Crippen LogP contribution in [0.2, 0.25) is 5.02 Å². The Morgan fingerprint density at radius 1 is 0.865 bits per heavy atom. The summed E-state index contributed by atoms with van der Waals surface area (Å²) in [5.74, 6) is -0.00205. The van der Waals surface area contributed by atoms with E-state index in [0.717, 1.165) is 0 Å². The molecule has 3 aromatic carbocycles. The maximum atomic E-state index is 13.4. The molecule has 1 saturated heterocycles. The van der Waals surface area contributed by atoms with E-state index in [1.165, 1.54) is 39.4 Å². The van der Waals surface area contributed by atoms with Gasteiger partial charge >= 0.3 is 0 Å². The van der Waals surface area contributed by atoms with E-state index < -0.39 is 23.5 Å². The molecular formula is C28H26ClNO7. The van der Waals surface area contributed by atoms with E-state index in [2.05, 4.69) is 0 Å². The molecule has 0 radical (unpaired) electrons. The summed E-state index contributed by atoms with van der Waals surface area (Å²) in [5, 5.41) is 11.6. The molecule has 8 nitrogen and oxygen atoms in total. The molecule has 1 fully saturated rings. The normalized spacial score (nSPS) is 16.6. The van der Waals surface area contributed by atoms with Crippen LogP contribution in [0.1, 0.15) is 22.7 Å². The Labute approximate surface area is 219 Å². The molecule has 1 heterocycles. The van der Waals surface area contributed by atoms with Crippen LogP contribution in [0, 0.1) is 0 Å². The molecule has 192 valence electrons. The summed E-state index contributed by atoms with van der Waals surface area (Å²) in [5.41, 5.74) is 1.37. The van der Waals surface area contributed by atoms with E-state index >= 15 is 0 Å². The lowest BCUT2D eigenvalue weighted by Crippen LogP contribution is -2.29. The first-order valence-electron chi connectivity index (χ1n) is 11.3. The third-order valence-electron chi connectivity index (χ3n) is 6.18. The Morgan fingerprint density at radius 3 is 2.24 bits per heavy atom. The number of nitrogens with zero attached hydrogens (tertiary/aromatic N) is 1. The minimum absolute atomic E-state index is 0.0649. The maximum Gasteiger partial charge on any atom is 0.295 e. The average molecular weight is 524 g/mol. The second kappa shape index (κ2) is 10.8. The summed E-state index contributed by atoms with van der Waals surface area (Å²) in [6, 6.07) is 16.0. The number of halogens is 1. The monoisotopic (exact) mass is 523 g/mol. The van der Waals surface area contributed by atoms with Gasteiger partial charge in [-0.1, -0.05) is 29.8 Å². The van der Waals surface area contributed by atoms with Crippen LogP contribution in [0.4, 0.5) is 0 Å². The van der Waals surface area contributed by atoms with Gasteiger partial charge in [-0.05, 0) is 53.6 Å². The van der Waals surface area contributed by atoms with Gasteiger partial charge < -0.3 is 29.0 Å². The fraction of sp³-hybridized carbons (Fsp3) is 0.214. The highest BCUT2D eigenvalue weighted by molar-refractivity contribution is 6.47. The molecular weight excluding hydrogens is 498 g/mol. The van der Waals surface area contributed by atoms with Crippen molar-refractivity contribution >= 4 is 29.1 Å². The van der Waals surface area contributed by atoms with Crippen LogP contribution >= 0.6 is 11.6 Å². The number of aliphatic hydroxyl groups excluding tert-OH is 1. The van der Waals surface area contributed by atoms with Crippen molar-refractivity contribution in [2.45, 2.75) is 12.6 Å². The van der Waals surface area contributed by atoms with Crippen LogP contribution in [0.5, 0.6) is 23.0 Å². The van der Waals surface area contributed by atoms with Gasteiger partial charge in [0.05, 0.1) is 45.1 Å². The van der Waals surface area contributed by atoms with Gasteiger partial charge in [-0.3, -0.25) is 9.59 Å². The van der Waals surface area contributed by atoms with E-state index in [0.29, 0.717) is 34.1 Å². The minimum Gasteiger partial charge on any atom is -0.507 e. The number of carbonyl (C=O) groups is 2. The third-order valence-corrected chi connectivity index (χ3v) is 6.51. The topological polar surface area (TPSA) is 94.5 Å². The Balaban J connectivity index is 1.89. The quantitative estimate of drug-likeness (QED) is 0.252. The number of hydrogen-bond acceptors (Lipinski definition) is 7. The minimum atomic E-state index is -0.912. The molecule has 0 bridgehead atoms. The number of amides is 1. The molecule has 1 unspecified atom stereocenters. The Bertz CT molecular complexity index is 1380. The summed E-state index contributed by atoms with van der Waals surface area (Å²) in [7, 11) is 6.05. The van der Waals surface area contributed by atoms with Crippen molar-refractivity contribution in [2.75, 3.05) is 28.4 Å². The smallest absolute Gasteiger partial charge is 0.295 e. The SMILES string of the molecule is COc1cccc(C2/C(=C(\O)c3cc(OC)ccc3Cl)C(=O)C(=O)N2Cc2ccc(OC)c(OC)c2)c1. The summed E-state index contributed by atoms with van der Waals surface area (Å²) in [6.45, 7) is 0.0649. The predicted molar refractivity (Wildman–Crippen MR) is 138 cm³/mol. The van der Waals surface area contributed by atoms with Crippen molar-refractivity contribution in [3.05, 3.63) is 87.9 Å². The number of ketones is 1. The largest absolute Gasteiger partial charge is 0.507 e. The van der Waals surface area contributed by atoms with Crippen LogP contribution in [-0.4, -0.2) is 50.1 Å². The zero-order valence-electron chi connectivity index (χ0n) is 20.8. The first-order chi connectivity index (χ1) is 17.8. The van der Waals surface area contributed by atoms with E-state index in [-0.39, 0.29) is 22.7 Å². The van der Waals surface area contributed by atoms with Crippen LogP contribution < -0.4 is 18.9 Å². The van der Waals surface area contributed by atoms with Crippen molar-refractivity contribution in [3.8, 4) is 23.0 Å². The second-order valence-electron chi connectivity index (χ2n) is 8.24. The van der Waals surface area contributed by atoms with Gasteiger partial charge in [-0.15, -0.1) is 0 Å². The molecule has 0 spiro atoms. The van der Waals surface area contributed by atoms with Crippen molar-refractivity contribution in [3.63, 3.8) is 0 Å². The summed E-state index contributed by atoms with van der Waals surface area (Å²) >= 11 is 6.37. The van der Waals surface area contributed by atoms with Crippen LogP contribution in [0.3, 0.4) is 0 Å². The number of ether oxygens (including phenoxy) is 4. The number of aliphatic hydroxyl groups is 1. The van der Waals surface area contributed by atoms with Crippen LogP contribution in [-0.2, 0) is 16.1 Å². The molecule has 1 amide bonds. The van der Waals surface area contributed by atoms with Gasteiger partial charge in [-0.25, -0.2) is 0 Å². The molecule has 37 heavy (non-hydrogen) atoms. The molecule has 3 aromatic rings. The molecule has 0 saturated carbocycles. The lowest BCUT2D eigenvalue weighted by molar-refractivity contribution is -0.140. The van der Waals surface area contributed by atoms with E-state index in [9.17, 15) is 14.7 Å². The number of methoxy groups -OCH3 is 4. The highest BCUT2D eigenvalue weighted by Crippen LogP contribution is 2.43. The lowest BCUT2D eigenvalue weighted by Gasteiger charge is -2.26. The molecule has 1 aliphatic heterocycles. The molecule has 9 heteroatoms. The highest BCUT2D eigenvalue weighted by atomic mass is 35.5. The number of rotatable bonds is 8. The number of hydrogen-bond donors (Lipinski definition) is 1. The van der Waals surface area contributed by atoms with Gasteiger partial charge in [0, 0.05) is 12.1 Å². The standard InChI is InChI=1S/C28H26ClNO7/c1-34-18-7-5-6-17(13-18)25-24(26(31)20-14-19(35-2)9-10-21(20)29)27(32)28(33)30(25)15-16-8-11-22(36-3)23(12-16)37-4/h5-14,25,31H,15H2,1-4H3/b26-24+. The molecule has 4 rings (SSSR count). The molecule has 0 aromatic heterocycles. The van der Waals surface area contributed by atoms with Gasteiger partial charge in [0.1, 0.15) is 17.3 Å². The number of benzene rings is 3. The summed E-state index contributed by atoms with van der Waals surface area (Å²) in [4.78, 5) is 28.2. The average Bonchev–Trinajstić information content (AvgIpc) is 3.17. The van der Waals surface area contributed by atoms with Crippen molar-refractivity contribution in [2.24, 2.45) is 0 Å². The van der Waals surface area contributed by atoms with E-state index in [4.69, 9.17) is 30.5 Å². The number of likely N-dealkylation sites (tertiary alicyclic amines) is 1. The van der Waals surface area contributed by atoms with Crippen molar-refractivity contribution in [1.82, 2.24) is 4.90 Å². The van der Waals surface area contributed by atoms with Crippen molar-refractivity contribution < 1.29 is 33.6 Å². The van der Waals surface area contributed by atoms with Gasteiger partial charge in [0.25, 0.3) is 11.7 Å². The van der Waals surface area contributed by atoms with Crippen LogP contribution in [0.15, 0.2) is 66.2 Å². The zero-order chi connectivity index (χ0) is 26.7. The fourth-order valence-electron chi connectivity index (χ4n) is 4.33. The Kier molecular flexibility index (Phi) is 7.59. The van der Waals surface area contributed by atoms with Crippen LogP contribution in [0.25, 0.3) is 5.76 Å². The number of Topliss-reactive ketones (excluding diaryl/α,β-unsaturated/α-hetero) is 1. The second-order valence-corrected chi connectivity index (χ2v) is 8.65. The van der Waals surface area contributed by atoms with Gasteiger partial charge in [-0.2, -0.15) is 0 Å². The highest BCUT2D eigenvalue weighted by Gasteiger charge is 2.46. The maximum absolute atomic E-state index is 13.4. The zero-order valence-corrected chi connectivity index (χ0v) is 21.5. The fourth-order valence-corrected chi connectivity index (χ4v) is 4.54. The third kappa shape index (κ3) is 4.93. The summed E-state index contributed by atoms with van der Waals surface area (Å²) in [6.07, 6.45) is 0. The first kappa shape index (κ1) is 25.9. The van der Waals surface area contributed by atoms with E-state index in [1.807, 2.05) is 0 Å². The predicted octanol–water partition coefficient (Wildman–Crippen LogP) is 5.00. The Morgan fingerprint density at radius 2 is 1.57 bits per heavy atom. The Hall–Kier alpha value is -4.17. The molecule has 0 aliphatic carbocycles.